The van der Waals surface area contributed by atoms with Gasteiger partial charge in [-0.3, -0.25) is 51.5 Å². The summed E-state index contributed by atoms with van der Waals surface area (Å²) in [6, 6.07) is 0. The largest absolute Gasteiger partial charge is 0.756 e. The molecule has 0 saturated carbocycles. The van der Waals surface area contributed by atoms with Gasteiger partial charge in [-0.25, -0.2) is 33.1 Å². The van der Waals surface area contributed by atoms with Crippen LogP contribution < -0.4 is 46.7 Å². The van der Waals surface area contributed by atoms with E-state index < -0.39 is 136 Å². The highest BCUT2D eigenvalue weighted by Crippen LogP contribution is 2.63. The number of nitrogens with zero attached hydrogens (tertiary/aromatic N) is 10. The van der Waals surface area contributed by atoms with Crippen molar-refractivity contribution in [3.8, 4) is 0 Å². The molecule has 10 N–H and O–H groups in total. The second kappa shape index (κ2) is 20.2. The van der Waals surface area contributed by atoms with Gasteiger partial charge >= 0.3 is 5.65 Å². The molecule has 3 aliphatic rings. The van der Waals surface area contributed by atoms with Gasteiger partial charge in [0.25, 0.3) is 48.4 Å². The zero-order valence-electron chi connectivity index (χ0n) is 37.3. The maximum atomic E-state index is 13.5. The van der Waals surface area contributed by atoms with Crippen LogP contribution >= 0.6 is 31.3 Å². The number of anilines is 2. The second-order valence-electron chi connectivity index (χ2n) is 16.2. The Morgan fingerprint density at radius 1 is 0.716 bits per heavy atom. The molecule has 3 fully saturated rings. The number of aromatic amines is 2. The molecule has 42 heteroatoms. The highest BCUT2D eigenvalue weighted by atomic mass is 31.3. The van der Waals surface area contributed by atoms with Crippen LogP contribution in [-0.4, -0.2) is 156 Å². The number of hydrogen-bond acceptors (Lipinski definition) is 32. The van der Waals surface area contributed by atoms with Crippen LogP contribution in [0.4, 0.5) is 11.9 Å². The van der Waals surface area contributed by atoms with Gasteiger partial charge in [-0.1, -0.05) is 4.98 Å². The van der Waals surface area contributed by atoms with Crippen molar-refractivity contribution in [1.29, 1.82) is 0 Å². The predicted molar refractivity (Wildman–Crippen MR) is 226 cm³/mol. The van der Waals surface area contributed by atoms with E-state index in [1.807, 2.05) is 0 Å². The third-order valence-electron chi connectivity index (χ3n) is 11.4. The predicted octanol–water partition coefficient (Wildman–Crippen LogP) is -6.82. The number of nitrogens with one attached hydrogen (secondary N) is 2. The third kappa shape index (κ3) is 10.7. The Hall–Kier alpha value is -4.95. The number of phosphoric ester groups is 3. The van der Waals surface area contributed by atoms with Crippen LogP contribution in [0.3, 0.4) is 0 Å². The van der Waals surface area contributed by atoms with Crippen molar-refractivity contribution in [2.75, 3.05) is 38.4 Å². The molecule has 6 aromatic heterocycles. The molecule has 0 aliphatic carbocycles. The number of aryl methyl sites for hydroxylation is 1. The number of phosphoric acid groups is 4. The Labute approximate surface area is 409 Å². The fourth-order valence-electron chi connectivity index (χ4n) is 8.17. The molecule has 6 aromatic rings. The van der Waals surface area contributed by atoms with E-state index in [0.717, 1.165) is 35.2 Å². The van der Waals surface area contributed by atoms with Gasteiger partial charge in [0, 0.05) is 7.11 Å². The van der Waals surface area contributed by atoms with Crippen molar-refractivity contribution < 1.29 is 108 Å². The van der Waals surface area contributed by atoms with Crippen LogP contribution in [0.5, 0.6) is 0 Å². The van der Waals surface area contributed by atoms with E-state index in [-0.39, 0.29) is 45.4 Å². The van der Waals surface area contributed by atoms with Gasteiger partial charge < -0.3 is 88.5 Å². The minimum absolute atomic E-state index is 0.0450. The fraction of sp³-hybridized carbons (Fsp3) is 0.531. The maximum Gasteiger partial charge on any atom is 0.313 e. The number of hydrogen-bond donors (Lipinski definition) is 8. The van der Waals surface area contributed by atoms with Gasteiger partial charge in [0.05, 0.1) is 45.7 Å². The molecule has 3 aliphatic heterocycles. The summed E-state index contributed by atoms with van der Waals surface area (Å²) < 4.78 is 106. The van der Waals surface area contributed by atoms with E-state index in [4.69, 9.17) is 39.5 Å². The van der Waals surface area contributed by atoms with Crippen LogP contribution in [0.1, 0.15) is 18.7 Å². The summed E-state index contributed by atoms with van der Waals surface area (Å²) in [5, 5.41) is 43.0. The molecule has 0 radical (unpaired) electrons. The fourth-order valence-corrected chi connectivity index (χ4v) is 12.5. The van der Waals surface area contributed by atoms with Crippen LogP contribution in [0, 0.1) is 0 Å². The molecule has 9 rings (SSSR count). The first kappa shape index (κ1) is 53.9. The Bertz CT molecular complexity index is 3410. The van der Waals surface area contributed by atoms with E-state index >= 15 is 0 Å². The van der Waals surface area contributed by atoms with E-state index in [1.165, 1.54) is 28.7 Å². The number of ether oxygens (including phenoxy) is 4. The molecule has 0 amide bonds. The number of aliphatic hydroxyl groups is 4. The normalized spacial score (nSPS) is 30.7. The van der Waals surface area contributed by atoms with Gasteiger partial charge in [-0.05, 0) is 0 Å². The van der Waals surface area contributed by atoms with E-state index in [9.17, 15) is 67.8 Å². The maximum absolute atomic E-state index is 13.5. The first-order valence-corrected chi connectivity index (χ1v) is 26.7. The third-order valence-corrected chi connectivity index (χ3v) is 16.5. The number of aliphatic hydroxyl groups excluding tert-OH is 4. The number of fused-ring (bicyclic) bond motifs is 3. The molecule has 0 spiro atoms. The van der Waals surface area contributed by atoms with Crippen molar-refractivity contribution in [3.63, 3.8) is 0 Å². The lowest BCUT2D eigenvalue weighted by atomic mass is 10.1. The summed E-state index contributed by atoms with van der Waals surface area (Å²) in [6.45, 7) is -3.68. The van der Waals surface area contributed by atoms with Crippen LogP contribution in [0.15, 0.2) is 41.1 Å². The molecule has 404 valence electrons. The summed E-state index contributed by atoms with van der Waals surface area (Å²) in [6.07, 6.45) is -15.0. The van der Waals surface area contributed by atoms with E-state index in [2.05, 4.69) is 57.5 Å². The van der Waals surface area contributed by atoms with Crippen LogP contribution in [-0.2, 0) is 71.0 Å². The Morgan fingerprint density at radius 3 is 1.99 bits per heavy atom. The van der Waals surface area contributed by atoms with E-state index in [0.29, 0.717) is 0 Å². The highest BCUT2D eigenvalue weighted by molar-refractivity contribution is 7.65. The summed E-state index contributed by atoms with van der Waals surface area (Å²) in [4.78, 5) is 105. The molecule has 38 nitrogen and oxygen atoms in total. The Kier molecular flexibility index (Phi) is 14.7. The lowest BCUT2D eigenvalue weighted by molar-refractivity contribution is -0.745. The zero-order chi connectivity index (χ0) is 53.4. The number of aromatic nitrogens is 12. The SMILES string of the molecule is COC1C(OP(=O)([O-])OCC2OC(n3cnc4c(=O)[nH]c(N)nc43)C(O)C2O)C(COP(=O)([O-])OP(=O)([O-])OP(=O)([O-])OCC2OC([n+]3cn(C)c4c(=O)[nH]c(N)nc43)C(O)C2O)OC1n1cnc2cncnc21. The summed E-state index contributed by atoms with van der Waals surface area (Å²) in [7, 11) is -22.3. The molecule has 74 heavy (non-hydrogen) atoms. The lowest BCUT2D eigenvalue weighted by Crippen LogP contribution is -2.46. The molecule has 0 bridgehead atoms. The van der Waals surface area contributed by atoms with Gasteiger partial charge in [-0.15, -0.1) is 0 Å². The molecule has 3 saturated heterocycles. The minimum atomic E-state index is -6.57. The molecule has 0 aromatic carbocycles. The minimum Gasteiger partial charge on any atom is -0.756 e. The average Bonchev–Trinajstić information content (AvgIpc) is 4.16. The van der Waals surface area contributed by atoms with Crippen LogP contribution in [0.25, 0.3) is 33.5 Å². The molecule has 16 unspecified atom stereocenters. The summed E-state index contributed by atoms with van der Waals surface area (Å²) in [5.74, 6) is -0.656. The van der Waals surface area contributed by atoms with Crippen molar-refractivity contribution in [3.05, 3.63) is 52.2 Å². The highest BCUT2D eigenvalue weighted by Gasteiger charge is 2.51. The number of H-pyrrole nitrogens is 2. The second-order valence-corrected chi connectivity index (χ2v) is 22.1. The lowest BCUT2D eigenvalue weighted by Gasteiger charge is -2.35. The molecular weight excluding hydrogens is 1090 g/mol. The van der Waals surface area contributed by atoms with E-state index in [1.54, 1.807) is 0 Å². The summed E-state index contributed by atoms with van der Waals surface area (Å²) in [5.41, 5.74) is 9.54. The van der Waals surface area contributed by atoms with Gasteiger partial charge in [0.15, 0.2) is 35.6 Å². The summed E-state index contributed by atoms with van der Waals surface area (Å²) >= 11 is 0. The monoisotopic (exact) mass is 1130 g/mol. The van der Waals surface area contributed by atoms with Crippen molar-refractivity contribution in [2.45, 2.75) is 73.6 Å². The number of methoxy groups -OCH3 is 1. The van der Waals surface area contributed by atoms with Gasteiger partial charge in [0.2, 0.25) is 17.7 Å². The van der Waals surface area contributed by atoms with Gasteiger partial charge in [0.1, 0.15) is 66.8 Å². The Morgan fingerprint density at radius 2 is 1.30 bits per heavy atom. The molecular formula is C32H39N14O24P4-3. The molecule has 16 atom stereocenters. The Balaban J connectivity index is 0.854. The average molecular weight is 1130 g/mol. The zero-order valence-corrected chi connectivity index (χ0v) is 40.9. The van der Waals surface area contributed by atoms with Crippen molar-refractivity contribution in [2.24, 2.45) is 7.05 Å². The topological polar surface area (TPSA) is 548 Å². The van der Waals surface area contributed by atoms with Crippen molar-refractivity contribution in [1.82, 2.24) is 53.6 Å². The van der Waals surface area contributed by atoms with Gasteiger partial charge in [-0.2, -0.15) is 4.98 Å². The quantitative estimate of drug-likeness (QED) is 0.0276. The first-order valence-electron chi connectivity index (χ1n) is 20.9. The standard InChI is InChI=1S/C32H42N14O24P4/c1-43-10-46(25-16(43)27(52)42-32(34)40-25)29-20(50)18(48)13(66-29)5-63-72(55,56)69-74(59,60)70-73(57,58)64-6-14-21(22(61-2)30(67-14)44-8-37-11-3-35-7-36-23(11)44)68-71(53,54)62-4-12-17(47)19(49)28(65-12)45-9-38-15-24(45)39-31(33)41-26(15)51/h3,7-10,12-14,17-22,28-30,47-50H,4-6H2,1-2H3,(H9-,33,34,39,40,41,42,51,52,53,54,55,56,57,58,59,60)/p-3. The smallest absolute Gasteiger partial charge is 0.313 e. The van der Waals surface area contributed by atoms with Crippen molar-refractivity contribution >= 4 is 76.7 Å². The number of rotatable bonds is 19. The molecule has 9 heterocycles. The number of nitrogens with two attached hydrogens (primary N) is 2. The van der Waals surface area contributed by atoms with Crippen LogP contribution in [0.2, 0.25) is 0 Å². The first-order chi connectivity index (χ1) is 34.8. The number of imidazole rings is 3. The number of nitrogen functional groups attached to an aromatic ring is 2.